The van der Waals surface area contributed by atoms with E-state index in [4.69, 9.17) is 0 Å². The first kappa shape index (κ1) is 12.6. The zero-order valence-corrected chi connectivity index (χ0v) is 10.8. The first-order valence-electron chi connectivity index (χ1n) is 5.89. The van der Waals surface area contributed by atoms with Gasteiger partial charge in [-0.2, -0.15) is 0 Å². The highest BCUT2D eigenvalue weighted by Gasteiger charge is 2.14. The Hall–Kier alpha value is -1.89. The Morgan fingerprint density at radius 2 is 2.06 bits per heavy atom. The lowest BCUT2D eigenvalue weighted by Gasteiger charge is -2.08. The fourth-order valence-corrected chi connectivity index (χ4v) is 1.96. The van der Waals surface area contributed by atoms with Crippen molar-refractivity contribution in [1.82, 2.24) is 24.0 Å². The standard InChI is InChI=1S/C11H17N5O2/c1-4-12-5-6-16-10(17)8-9(13-7-14(8)2)15(3)11(16)18/h7,12H,4-6H2,1-3H3. The molecule has 0 saturated carbocycles. The number of rotatable bonds is 4. The van der Waals surface area contributed by atoms with E-state index in [1.54, 1.807) is 25.0 Å². The number of fused-ring (bicyclic) bond motifs is 1. The van der Waals surface area contributed by atoms with Crippen LogP contribution in [0.15, 0.2) is 15.9 Å². The van der Waals surface area contributed by atoms with E-state index in [1.165, 1.54) is 9.13 Å². The van der Waals surface area contributed by atoms with Crippen molar-refractivity contribution in [2.24, 2.45) is 14.1 Å². The van der Waals surface area contributed by atoms with E-state index in [0.29, 0.717) is 24.3 Å². The average Bonchev–Trinajstić information content (AvgIpc) is 2.73. The molecular formula is C11H17N5O2. The van der Waals surface area contributed by atoms with E-state index in [1.807, 2.05) is 6.92 Å². The smallest absolute Gasteiger partial charge is 0.328 e. The average molecular weight is 251 g/mol. The van der Waals surface area contributed by atoms with Crippen LogP contribution in [-0.4, -0.2) is 31.8 Å². The Kier molecular flexibility index (Phi) is 3.33. The van der Waals surface area contributed by atoms with Crippen molar-refractivity contribution in [1.29, 1.82) is 0 Å². The lowest BCUT2D eigenvalue weighted by atomic mass is 10.4. The molecule has 0 bridgehead atoms. The summed E-state index contributed by atoms with van der Waals surface area (Å²) in [5, 5.41) is 3.10. The molecule has 1 N–H and O–H groups in total. The molecule has 0 spiro atoms. The van der Waals surface area contributed by atoms with Crippen molar-refractivity contribution in [3.63, 3.8) is 0 Å². The molecule has 18 heavy (non-hydrogen) atoms. The van der Waals surface area contributed by atoms with Crippen molar-refractivity contribution in [2.75, 3.05) is 13.1 Å². The summed E-state index contributed by atoms with van der Waals surface area (Å²) in [7, 11) is 3.37. The van der Waals surface area contributed by atoms with E-state index in [2.05, 4.69) is 10.3 Å². The maximum atomic E-state index is 12.2. The fourth-order valence-electron chi connectivity index (χ4n) is 1.96. The van der Waals surface area contributed by atoms with E-state index >= 15 is 0 Å². The molecule has 0 aliphatic carbocycles. The molecule has 7 heteroatoms. The van der Waals surface area contributed by atoms with Crippen LogP contribution in [0.2, 0.25) is 0 Å². The predicted molar refractivity (Wildman–Crippen MR) is 68.8 cm³/mol. The monoisotopic (exact) mass is 251 g/mol. The normalized spacial score (nSPS) is 11.3. The number of aryl methyl sites for hydroxylation is 2. The minimum Gasteiger partial charge on any atom is -0.328 e. The van der Waals surface area contributed by atoms with Gasteiger partial charge in [-0.05, 0) is 6.54 Å². The van der Waals surface area contributed by atoms with Gasteiger partial charge < -0.3 is 9.88 Å². The number of nitrogens with zero attached hydrogens (tertiary/aromatic N) is 4. The third-order valence-corrected chi connectivity index (χ3v) is 2.96. The highest BCUT2D eigenvalue weighted by molar-refractivity contribution is 5.69. The summed E-state index contributed by atoms with van der Waals surface area (Å²) in [5.74, 6) is 0. The van der Waals surface area contributed by atoms with Crippen LogP contribution in [0.3, 0.4) is 0 Å². The molecular weight excluding hydrogens is 234 g/mol. The van der Waals surface area contributed by atoms with E-state index in [0.717, 1.165) is 6.54 Å². The molecule has 0 aromatic carbocycles. The van der Waals surface area contributed by atoms with Crippen molar-refractivity contribution < 1.29 is 0 Å². The lowest BCUT2D eigenvalue weighted by molar-refractivity contribution is 0.560. The van der Waals surface area contributed by atoms with E-state index in [9.17, 15) is 9.59 Å². The Morgan fingerprint density at radius 1 is 1.33 bits per heavy atom. The summed E-state index contributed by atoms with van der Waals surface area (Å²) < 4.78 is 4.29. The molecule has 0 unspecified atom stereocenters. The van der Waals surface area contributed by atoms with Gasteiger partial charge >= 0.3 is 5.69 Å². The van der Waals surface area contributed by atoms with E-state index < -0.39 is 0 Å². The molecule has 0 radical (unpaired) electrons. The van der Waals surface area contributed by atoms with Crippen LogP contribution in [0.4, 0.5) is 0 Å². The number of hydrogen-bond donors (Lipinski definition) is 1. The summed E-state index contributed by atoms with van der Waals surface area (Å²) in [6.45, 7) is 3.74. The summed E-state index contributed by atoms with van der Waals surface area (Å²) >= 11 is 0. The molecule has 0 atom stereocenters. The number of nitrogens with one attached hydrogen (secondary N) is 1. The van der Waals surface area contributed by atoms with Crippen LogP contribution in [0.1, 0.15) is 6.92 Å². The number of hydrogen-bond acceptors (Lipinski definition) is 4. The molecule has 2 rings (SSSR count). The van der Waals surface area contributed by atoms with Crippen LogP contribution < -0.4 is 16.6 Å². The first-order valence-corrected chi connectivity index (χ1v) is 5.89. The summed E-state index contributed by atoms with van der Waals surface area (Å²) in [4.78, 5) is 28.4. The number of imidazole rings is 1. The van der Waals surface area contributed by atoms with Crippen LogP contribution in [-0.2, 0) is 20.6 Å². The Morgan fingerprint density at radius 3 is 2.72 bits per heavy atom. The minimum atomic E-state index is -0.330. The summed E-state index contributed by atoms with van der Waals surface area (Å²) in [6, 6.07) is 0. The van der Waals surface area contributed by atoms with Gasteiger partial charge in [0.25, 0.3) is 5.56 Å². The summed E-state index contributed by atoms with van der Waals surface area (Å²) in [6.07, 6.45) is 1.54. The molecule has 7 nitrogen and oxygen atoms in total. The van der Waals surface area contributed by atoms with Gasteiger partial charge in [-0.1, -0.05) is 6.92 Å². The Labute approximate surface area is 104 Å². The second kappa shape index (κ2) is 4.77. The molecule has 0 aliphatic heterocycles. The molecule has 0 aliphatic rings. The van der Waals surface area contributed by atoms with Crippen LogP contribution in [0.5, 0.6) is 0 Å². The lowest BCUT2D eigenvalue weighted by Crippen LogP contribution is -2.41. The van der Waals surface area contributed by atoms with Gasteiger partial charge in [0.15, 0.2) is 11.2 Å². The van der Waals surface area contributed by atoms with Crippen LogP contribution in [0.25, 0.3) is 11.2 Å². The SMILES string of the molecule is CCNCCn1c(=O)c2c(ncn2C)n(C)c1=O. The van der Waals surface area contributed by atoms with Crippen LogP contribution in [0, 0.1) is 0 Å². The zero-order valence-electron chi connectivity index (χ0n) is 10.8. The van der Waals surface area contributed by atoms with Gasteiger partial charge in [0.1, 0.15) is 0 Å². The molecule has 2 heterocycles. The third kappa shape index (κ3) is 1.86. The Bertz CT molecular complexity index is 679. The zero-order chi connectivity index (χ0) is 13.3. The molecule has 2 aromatic heterocycles. The third-order valence-electron chi connectivity index (χ3n) is 2.96. The largest absolute Gasteiger partial charge is 0.332 e. The second-order valence-electron chi connectivity index (χ2n) is 4.18. The van der Waals surface area contributed by atoms with Crippen LogP contribution >= 0.6 is 0 Å². The fraction of sp³-hybridized carbons (Fsp3) is 0.545. The van der Waals surface area contributed by atoms with Gasteiger partial charge in [0.2, 0.25) is 0 Å². The number of likely N-dealkylation sites (N-methyl/N-ethyl adjacent to an activating group) is 1. The van der Waals surface area contributed by atoms with Crippen molar-refractivity contribution >= 4 is 11.2 Å². The molecule has 0 fully saturated rings. The second-order valence-corrected chi connectivity index (χ2v) is 4.18. The predicted octanol–water partition coefficient (Wildman–Crippen LogP) is -0.957. The van der Waals surface area contributed by atoms with Gasteiger partial charge in [0.05, 0.1) is 6.33 Å². The maximum Gasteiger partial charge on any atom is 0.332 e. The molecule has 0 amide bonds. The van der Waals surface area contributed by atoms with Gasteiger partial charge in [-0.3, -0.25) is 13.9 Å². The topological polar surface area (TPSA) is 73.8 Å². The first-order chi connectivity index (χ1) is 8.57. The van der Waals surface area contributed by atoms with Crippen molar-refractivity contribution in [3.05, 3.63) is 27.2 Å². The Balaban J connectivity index is 2.62. The number of aromatic nitrogens is 4. The highest BCUT2D eigenvalue weighted by atomic mass is 16.2. The van der Waals surface area contributed by atoms with E-state index in [-0.39, 0.29) is 11.2 Å². The maximum absolute atomic E-state index is 12.2. The van der Waals surface area contributed by atoms with Gasteiger partial charge in [-0.15, -0.1) is 0 Å². The quantitative estimate of drug-likeness (QED) is 0.711. The molecule has 98 valence electrons. The highest BCUT2D eigenvalue weighted by Crippen LogP contribution is 2.02. The van der Waals surface area contributed by atoms with Gasteiger partial charge in [0, 0.05) is 27.2 Å². The van der Waals surface area contributed by atoms with Crippen molar-refractivity contribution in [2.45, 2.75) is 13.5 Å². The summed E-state index contributed by atoms with van der Waals surface area (Å²) in [5.41, 5.74) is 0.260. The molecule has 2 aromatic rings. The minimum absolute atomic E-state index is 0.286. The van der Waals surface area contributed by atoms with Gasteiger partial charge in [-0.25, -0.2) is 9.78 Å². The van der Waals surface area contributed by atoms with Crippen molar-refractivity contribution in [3.8, 4) is 0 Å². The molecule has 0 saturated heterocycles.